The topological polar surface area (TPSA) is 0 Å². The van der Waals surface area contributed by atoms with Crippen molar-refractivity contribution in [2.24, 2.45) is 0 Å². The maximum absolute atomic E-state index is 5.37. The second-order valence-electron chi connectivity index (χ2n) is 8.34. The summed E-state index contributed by atoms with van der Waals surface area (Å²) in [5.74, 6) is 9.16. The zero-order valence-electron chi connectivity index (χ0n) is 20.9. The van der Waals surface area contributed by atoms with E-state index in [9.17, 15) is 0 Å². The molecule has 0 amide bonds. The van der Waals surface area contributed by atoms with Gasteiger partial charge in [0.05, 0.1) is 0 Å². The standard InChI is InChI=1S/C18H11Br.C12H8.C6H4BrI/c19-18-11-4-2-7-16(18)13-12-15-9-5-8-14-6-1-3-10-17(14)15;1-2-10-7-5-8-11-6-3-4-9-12(10)11;7-5-3-1-2-4-6(5)8/h1-11H;1,3-9H;1-4H. The highest BCUT2D eigenvalue weighted by molar-refractivity contribution is 14.1. The fraction of sp³-hybridized carbons (Fsp3) is 0. The summed E-state index contributed by atoms with van der Waals surface area (Å²) in [6.07, 6.45) is 5.37. The van der Waals surface area contributed by atoms with Crippen molar-refractivity contribution in [3.8, 4) is 24.2 Å². The van der Waals surface area contributed by atoms with Gasteiger partial charge in [-0.25, -0.2) is 0 Å². The van der Waals surface area contributed by atoms with Crippen LogP contribution in [0.25, 0.3) is 21.5 Å². The highest BCUT2D eigenvalue weighted by Crippen LogP contribution is 2.20. The molecular formula is C36H23Br2I. The first-order valence-electron chi connectivity index (χ1n) is 12.2. The highest BCUT2D eigenvalue weighted by Gasteiger charge is 1.98. The minimum absolute atomic E-state index is 0.966. The normalized spacial score (nSPS) is 9.69. The predicted molar refractivity (Wildman–Crippen MR) is 183 cm³/mol. The minimum Gasteiger partial charge on any atom is -0.115 e. The molecule has 188 valence electrons. The van der Waals surface area contributed by atoms with Gasteiger partial charge < -0.3 is 0 Å². The molecule has 0 N–H and O–H groups in total. The Balaban J connectivity index is 0.000000150. The molecule has 0 bridgehead atoms. The van der Waals surface area contributed by atoms with Crippen LogP contribution in [-0.2, 0) is 0 Å². The van der Waals surface area contributed by atoms with Crippen LogP contribution in [0.15, 0.2) is 142 Å². The first kappa shape index (κ1) is 28.7. The molecule has 0 heterocycles. The van der Waals surface area contributed by atoms with Crippen LogP contribution in [0.4, 0.5) is 0 Å². The number of halogens is 3. The Labute approximate surface area is 260 Å². The largest absolute Gasteiger partial charge is 0.115 e. The second kappa shape index (κ2) is 14.7. The lowest BCUT2D eigenvalue weighted by Crippen LogP contribution is -1.80. The third-order valence-electron chi connectivity index (χ3n) is 5.76. The number of fused-ring (bicyclic) bond motifs is 2. The Kier molecular flexibility index (Phi) is 10.8. The first-order valence-corrected chi connectivity index (χ1v) is 14.8. The van der Waals surface area contributed by atoms with E-state index in [4.69, 9.17) is 6.42 Å². The zero-order valence-corrected chi connectivity index (χ0v) is 26.2. The van der Waals surface area contributed by atoms with Gasteiger partial charge in [-0.15, -0.1) is 6.42 Å². The average Bonchev–Trinajstić information content (AvgIpc) is 2.98. The molecule has 0 aliphatic carbocycles. The van der Waals surface area contributed by atoms with E-state index in [0.29, 0.717) is 0 Å². The monoisotopic (exact) mass is 740 g/mol. The Morgan fingerprint density at radius 2 is 0.897 bits per heavy atom. The van der Waals surface area contributed by atoms with Crippen molar-refractivity contribution >= 4 is 76.0 Å². The van der Waals surface area contributed by atoms with Crippen LogP contribution in [0.3, 0.4) is 0 Å². The molecule has 0 nitrogen and oxygen atoms in total. The van der Waals surface area contributed by atoms with Gasteiger partial charge >= 0.3 is 0 Å². The van der Waals surface area contributed by atoms with E-state index in [1.54, 1.807) is 0 Å². The zero-order chi connectivity index (χ0) is 27.5. The lowest BCUT2D eigenvalue weighted by atomic mass is 10.0. The first-order chi connectivity index (χ1) is 19.1. The van der Waals surface area contributed by atoms with Gasteiger partial charge in [0.15, 0.2) is 0 Å². The SMILES string of the molecule is Brc1ccccc1C#Cc1cccc2ccccc12.Brc1ccccc1I.C#Cc1cccc2ccccc12. The third-order valence-corrected chi connectivity index (χ3v) is 8.83. The van der Waals surface area contributed by atoms with Crippen molar-refractivity contribution in [3.63, 3.8) is 0 Å². The summed E-state index contributed by atoms with van der Waals surface area (Å²) < 4.78 is 3.45. The Bertz CT molecular complexity index is 1790. The lowest BCUT2D eigenvalue weighted by molar-refractivity contribution is 1.59. The molecule has 6 aromatic rings. The van der Waals surface area contributed by atoms with E-state index in [1.165, 1.54) is 24.2 Å². The summed E-state index contributed by atoms with van der Waals surface area (Å²) in [5, 5.41) is 4.78. The van der Waals surface area contributed by atoms with Crippen LogP contribution < -0.4 is 0 Å². The fourth-order valence-corrected chi connectivity index (χ4v) is 4.88. The van der Waals surface area contributed by atoms with Gasteiger partial charge in [0.2, 0.25) is 0 Å². The van der Waals surface area contributed by atoms with Crippen molar-refractivity contribution in [1.29, 1.82) is 0 Å². The molecule has 39 heavy (non-hydrogen) atoms. The lowest BCUT2D eigenvalue weighted by Gasteiger charge is -1.99. The molecule has 0 aliphatic rings. The molecule has 3 heteroatoms. The molecule has 0 radical (unpaired) electrons. The van der Waals surface area contributed by atoms with Gasteiger partial charge in [0, 0.05) is 29.2 Å². The minimum atomic E-state index is 0.966. The van der Waals surface area contributed by atoms with Crippen LogP contribution in [-0.4, -0.2) is 0 Å². The smallest absolute Gasteiger partial charge is 0.0391 e. The molecule has 0 aliphatic heterocycles. The Morgan fingerprint density at radius 3 is 1.46 bits per heavy atom. The predicted octanol–water partition coefficient (Wildman–Crippen LogP) is 10.9. The molecular weight excluding hydrogens is 719 g/mol. The van der Waals surface area contributed by atoms with Gasteiger partial charge in [-0.2, -0.15) is 0 Å². The summed E-state index contributed by atoms with van der Waals surface area (Å²) in [7, 11) is 0. The van der Waals surface area contributed by atoms with E-state index in [-0.39, 0.29) is 0 Å². The summed E-state index contributed by atoms with van der Waals surface area (Å²) in [4.78, 5) is 0. The van der Waals surface area contributed by atoms with Gasteiger partial charge in [-0.05, 0) is 112 Å². The quantitative estimate of drug-likeness (QED) is 0.107. The maximum atomic E-state index is 5.37. The van der Waals surface area contributed by atoms with Crippen LogP contribution in [0, 0.1) is 27.8 Å². The van der Waals surface area contributed by atoms with E-state index >= 15 is 0 Å². The van der Waals surface area contributed by atoms with Gasteiger partial charge in [0.1, 0.15) is 0 Å². The van der Waals surface area contributed by atoms with Crippen molar-refractivity contribution in [2.75, 3.05) is 0 Å². The number of terminal acetylenes is 1. The van der Waals surface area contributed by atoms with Gasteiger partial charge in [0.25, 0.3) is 0 Å². The summed E-state index contributed by atoms with van der Waals surface area (Å²) >= 11 is 9.18. The molecule has 6 rings (SSSR count). The summed E-state index contributed by atoms with van der Waals surface area (Å²) in [6, 6.07) is 44.8. The van der Waals surface area contributed by atoms with Gasteiger partial charge in [-0.3, -0.25) is 0 Å². The number of benzene rings is 6. The summed E-state index contributed by atoms with van der Waals surface area (Å²) in [5.41, 5.74) is 3.04. The average molecular weight is 742 g/mol. The highest BCUT2D eigenvalue weighted by atomic mass is 127. The van der Waals surface area contributed by atoms with Crippen LogP contribution in [0.2, 0.25) is 0 Å². The molecule has 0 unspecified atom stereocenters. The summed E-state index contributed by atoms with van der Waals surface area (Å²) in [6.45, 7) is 0. The maximum Gasteiger partial charge on any atom is 0.0391 e. The Hall–Kier alpha value is -3.35. The number of hydrogen-bond acceptors (Lipinski definition) is 0. The molecule has 6 aromatic carbocycles. The molecule has 0 saturated heterocycles. The van der Waals surface area contributed by atoms with E-state index < -0.39 is 0 Å². The molecule has 0 saturated carbocycles. The van der Waals surface area contributed by atoms with Crippen molar-refractivity contribution < 1.29 is 0 Å². The van der Waals surface area contributed by atoms with Crippen LogP contribution in [0.1, 0.15) is 16.7 Å². The second-order valence-corrected chi connectivity index (χ2v) is 11.2. The van der Waals surface area contributed by atoms with Crippen LogP contribution in [0.5, 0.6) is 0 Å². The number of hydrogen-bond donors (Lipinski definition) is 0. The third kappa shape index (κ3) is 8.07. The molecule has 0 atom stereocenters. The van der Waals surface area contributed by atoms with E-state index in [0.717, 1.165) is 26.5 Å². The Morgan fingerprint density at radius 1 is 0.462 bits per heavy atom. The fourth-order valence-electron chi connectivity index (χ4n) is 3.82. The van der Waals surface area contributed by atoms with E-state index in [2.05, 4.69) is 115 Å². The molecule has 0 spiro atoms. The van der Waals surface area contributed by atoms with Crippen molar-refractivity contribution in [1.82, 2.24) is 0 Å². The molecule has 0 aromatic heterocycles. The van der Waals surface area contributed by atoms with Crippen LogP contribution >= 0.6 is 54.5 Å². The molecule has 0 fully saturated rings. The van der Waals surface area contributed by atoms with Crippen molar-refractivity contribution in [3.05, 3.63) is 163 Å². The number of rotatable bonds is 0. The van der Waals surface area contributed by atoms with Gasteiger partial charge in [-0.1, -0.05) is 115 Å². The van der Waals surface area contributed by atoms with Crippen molar-refractivity contribution in [2.45, 2.75) is 0 Å². The van der Waals surface area contributed by atoms with E-state index in [1.807, 2.05) is 91.0 Å².